The first kappa shape index (κ1) is 14.0. The minimum Gasteiger partial charge on any atom is -0.494 e. The van der Waals surface area contributed by atoms with E-state index in [1.807, 2.05) is 37.4 Å². The second-order valence-electron chi connectivity index (χ2n) is 4.94. The van der Waals surface area contributed by atoms with Crippen molar-refractivity contribution in [2.75, 3.05) is 13.7 Å². The molecule has 0 bridgehead atoms. The summed E-state index contributed by atoms with van der Waals surface area (Å²) in [6.45, 7) is 7.59. The summed E-state index contributed by atoms with van der Waals surface area (Å²) in [5, 5.41) is 3.34. The van der Waals surface area contributed by atoms with E-state index in [1.165, 1.54) is 0 Å². The van der Waals surface area contributed by atoms with E-state index in [2.05, 4.69) is 26.1 Å². The predicted molar refractivity (Wildman–Crippen MR) is 73.4 cm³/mol. The molecular weight excluding hydrogens is 210 g/mol. The van der Waals surface area contributed by atoms with Gasteiger partial charge in [0.1, 0.15) is 5.75 Å². The maximum atomic E-state index is 5.75. The standard InChI is InChI=1S/C15H25NO/c1-12(2)15(13(3)16-4)10-11-17-14-8-6-5-7-9-14/h5-9,12-13,15-16H,10-11H2,1-4H3. The molecule has 2 heteroatoms. The summed E-state index contributed by atoms with van der Waals surface area (Å²) in [4.78, 5) is 0. The molecule has 0 aliphatic heterocycles. The van der Waals surface area contributed by atoms with Gasteiger partial charge in [-0.15, -0.1) is 0 Å². The van der Waals surface area contributed by atoms with Gasteiger partial charge in [-0.05, 0) is 44.4 Å². The second kappa shape index (κ2) is 7.33. The third-order valence-corrected chi connectivity index (χ3v) is 3.42. The van der Waals surface area contributed by atoms with Crippen LogP contribution in [-0.4, -0.2) is 19.7 Å². The molecule has 17 heavy (non-hydrogen) atoms. The van der Waals surface area contributed by atoms with Gasteiger partial charge in [0.2, 0.25) is 0 Å². The lowest BCUT2D eigenvalue weighted by atomic mass is 9.87. The summed E-state index contributed by atoms with van der Waals surface area (Å²) < 4.78 is 5.75. The highest BCUT2D eigenvalue weighted by atomic mass is 16.5. The molecule has 0 aliphatic rings. The lowest BCUT2D eigenvalue weighted by Crippen LogP contribution is -2.34. The van der Waals surface area contributed by atoms with Crippen molar-refractivity contribution in [2.24, 2.45) is 11.8 Å². The Morgan fingerprint density at radius 2 is 1.76 bits per heavy atom. The third-order valence-electron chi connectivity index (χ3n) is 3.42. The lowest BCUT2D eigenvalue weighted by molar-refractivity contribution is 0.217. The average Bonchev–Trinajstić information content (AvgIpc) is 2.34. The highest BCUT2D eigenvalue weighted by Crippen LogP contribution is 2.20. The number of nitrogens with one attached hydrogen (secondary N) is 1. The maximum Gasteiger partial charge on any atom is 0.119 e. The van der Waals surface area contributed by atoms with Gasteiger partial charge < -0.3 is 10.1 Å². The van der Waals surface area contributed by atoms with Crippen LogP contribution in [0.1, 0.15) is 27.2 Å². The van der Waals surface area contributed by atoms with Crippen LogP contribution in [0.3, 0.4) is 0 Å². The normalized spacial score (nSPS) is 14.6. The van der Waals surface area contributed by atoms with Crippen LogP contribution in [0.15, 0.2) is 30.3 Å². The highest BCUT2D eigenvalue weighted by Gasteiger charge is 2.19. The zero-order valence-electron chi connectivity index (χ0n) is 11.4. The van der Waals surface area contributed by atoms with E-state index in [9.17, 15) is 0 Å². The first-order valence-electron chi connectivity index (χ1n) is 6.50. The number of para-hydroxylation sites is 1. The van der Waals surface area contributed by atoms with E-state index in [0.29, 0.717) is 17.9 Å². The molecule has 0 aliphatic carbocycles. The number of benzene rings is 1. The Bertz CT molecular complexity index is 297. The molecule has 1 N–H and O–H groups in total. The summed E-state index contributed by atoms with van der Waals surface area (Å²) in [6.07, 6.45) is 1.09. The van der Waals surface area contributed by atoms with Gasteiger partial charge in [0.05, 0.1) is 6.61 Å². The van der Waals surface area contributed by atoms with E-state index in [-0.39, 0.29) is 0 Å². The molecule has 1 rings (SSSR count). The van der Waals surface area contributed by atoms with Crippen LogP contribution in [0.4, 0.5) is 0 Å². The average molecular weight is 235 g/mol. The van der Waals surface area contributed by atoms with Crippen LogP contribution in [-0.2, 0) is 0 Å². The molecule has 2 atom stereocenters. The molecule has 2 nitrogen and oxygen atoms in total. The Morgan fingerprint density at radius 3 is 2.29 bits per heavy atom. The fourth-order valence-corrected chi connectivity index (χ4v) is 2.20. The van der Waals surface area contributed by atoms with Gasteiger partial charge in [0.25, 0.3) is 0 Å². The van der Waals surface area contributed by atoms with Crippen LogP contribution < -0.4 is 10.1 Å². The zero-order chi connectivity index (χ0) is 12.7. The van der Waals surface area contributed by atoms with E-state index < -0.39 is 0 Å². The van der Waals surface area contributed by atoms with Gasteiger partial charge in [-0.1, -0.05) is 32.0 Å². The first-order valence-corrected chi connectivity index (χ1v) is 6.50. The number of hydrogen-bond acceptors (Lipinski definition) is 2. The first-order chi connectivity index (χ1) is 8.15. The summed E-state index contributed by atoms with van der Waals surface area (Å²) in [5.74, 6) is 2.30. The molecule has 2 unspecified atom stereocenters. The van der Waals surface area contributed by atoms with Crippen LogP contribution in [0.5, 0.6) is 5.75 Å². The Morgan fingerprint density at radius 1 is 1.12 bits per heavy atom. The maximum absolute atomic E-state index is 5.75. The van der Waals surface area contributed by atoms with Crippen LogP contribution in [0, 0.1) is 11.8 Å². The molecular formula is C15H25NO. The van der Waals surface area contributed by atoms with Crippen molar-refractivity contribution in [2.45, 2.75) is 33.2 Å². The third kappa shape index (κ3) is 4.78. The number of hydrogen-bond donors (Lipinski definition) is 1. The molecule has 0 amide bonds. The Labute approximate surface area is 105 Å². The second-order valence-corrected chi connectivity index (χ2v) is 4.94. The summed E-state index contributed by atoms with van der Waals surface area (Å²) in [7, 11) is 2.03. The van der Waals surface area contributed by atoms with Crippen molar-refractivity contribution in [1.29, 1.82) is 0 Å². The van der Waals surface area contributed by atoms with Crippen molar-refractivity contribution in [3.8, 4) is 5.75 Å². The largest absolute Gasteiger partial charge is 0.494 e. The van der Waals surface area contributed by atoms with Gasteiger partial charge in [-0.3, -0.25) is 0 Å². The summed E-state index contributed by atoms with van der Waals surface area (Å²) in [6, 6.07) is 10.6. The quantitative estimate of drug-likeness (QED) is 0.782. The fraction of sp³-hybridized carbons (Fsp3) is 0.600. The monoisotopic (exact) mass is 235 g/mol. The molecule has 0 heterocycles. The molecule has 0 saturated carbocycles. The van der Waals surface area contributed by atoms with E-state index >= 15 is 0 Å². The Kier molecular flexibility index (Phi) is 6.06. The van der Waals surface area contributed by atoms with Crippen molar-refractivity contribution < 1.29 is 4.74 Å². The number of rotatable bonds is 7. The molecule has 0 spiro atoms. The zero-order valence-corrected chi connectivity index (χ0v) is 11.4. The molecule has 1 aromatic rings. The Hall–Kier alpha value is -1.02. The smallest absolute Gasteiger partial charge is 0.119 e. The summed E-state index contributed by atoms with van der Waals surface area (Å²) in [5.41, 5.74) is 0. The molecule has 96 valence electrons. The van der Waals surface area contributed by atoms with E-state index in [0.717, 1.165) is 18.8 Å². The van der Waals surface area contributed by atoms with Gasteiger partial charge >= 0.3 is 0 Å². The molecule has 0 radical (unpaired) electrons. The molecule has 0 aromatic heterocycles. The van der Waals surface area contributed by atoms with Crippen LogP contribution in [0.2, 0.25) is 0 Å². The van der Waals surface area contributed by atoms with Crippen LogP contribution in [0.25, 0.3) is 0 Å². The van der Waals surface area contributed by atoms with Gasteiger partial charge in [0, 0.05) is 6.04 Å². The minimum atomic E-state index is 0.536. The van der Waals surface area contributed by atoms with Crippen molar-refractivity contribution in [3.05, 3.63) is 30.3 Å². The van der Waals surface area contributed by atoms with Gasteiger partial charge in [-0.25, -0.2) is 0 Å². The van der Waals surface area contributed by atoms with Crippen LogP contribution >= 0.6 is 0 Å². The van der Waals surface area contributed by atoms with E-state index in [1.54, 1.807) is 0 Å². The van der Waals surface area contributed by atoms with E-state index in [4.69, 9.17) is 4.74 Å². The summed E-state index contributed by atoms with van der Waals surface area (Å²) >= 11 is 0. The van der Waals surface area contributed by atoms with Gasteiger partial charge in [-0.2, -0.15) is 0 Å². The van der Waals surface area contributed by atoms with Crippen molar-refractivity contribution in [3.63, 3.8) is 0 Å². The topological polar surface area (TPSA) is 21.3 Å². The molecule has 0 saturated heterocycles. The lowest BCUT2D eigenvalue weighted by Gasteiger charge is -2.27. The Balaban J connectivity index is 2.37. The van der Waals surface area contributed by atoms with Crippen molar-refractivity contribution >= 4 is 0 Å². The molecule has 0 fully saturated rings. The molecule has 1 aromatic carbocycles. The highest BCUT2D eigenvalue weighted by molar-refractivity contribution is 5.20. The van der Waals surface area contributed by atoms with Gasteiger partial charge in [0.15, 0.2) is 0 Å². The predicted octanol–water partition coefficient (Wildman–Crippen LogP) is 3.34. The number of ether oxygens (including phenoxy) is 1. The minimum absolute atomic E-state index is 0.536. The SMILES string of the molecule is CNC(C)C(CCOc1ccccc1)C(C)C. The van der Waals surface area contributed by atoms with Crippen molar-refractivity contribution in [1.82, 2.24) is 5.32 Å². The fourth-order valence-electron chi connectivity index (χ4n) is 2.20.